The lowest BCUT2D eigenvalue weighted by Crippen LogP contribution is -2.45. The number of rotatable bonds is 2. The summed E-state index contributed by atoms with van der Waals surface area (Å²) >= 11 is 5.40. The molecule has 2 heterocycles. The van der Waals surface area contributed by atoms with Gasteiger partial charge in [0.25, 0.3) is 0 Å². The molecule has 4 nitrogen and oxygen atoms in total. The van der Waals surface area contributed by atoms with Crippen LogP contribution in [0.4, 0.5) is 0 Å². The molecule has 1 aliphatic heterocycles. The molecule has 5 heteroatoms. The molecule has 0 aliphatic carbocycles. The van der Waals surface area contributed by atoms with Crippen molar-refractivity contribution in [2.75, 3.05) is 33.7 Å². The van der Waals surface area contributed by atoms with Crippen LogP contribution in [0.3, 0.4) is 0 Å². The van der Waals surface area contributed by atoms with Gasteiger partial charge in [-0.3, -0.25) is 4.90 Å². The van der Waals surface area contributed by atoms with Crippen LogP contribution in [0.1, 0.15) is 30.0 Å². The number of piperazine rings is 1. The number of likely N-dealkylation sites (N-methyl/N-ethyl adjacent to an activating group) is 2. The lowest BCUT2D eigenvalue weighted by molar-refractivity contribution is 0.109. The second-order valence-corrected chi connectivity index (χ2v) is 5.53. The van der Waals surface area contributed by atoms with Gasteiger partial charge in [0.15, 0.2) is 0 Å². The Morgan fingerprint density at radius 3 is 2.72 bits per heavy atom. The largest absolute Gasteiger partial charge is 0.346 e. The number of hydrogen-bond donors (Lipinski definition) is 1. The Hall–Kier alpha value is -0.780. The molecule has 1 atom stereocenters. The quantitative estimate of drug-likeness (QED) is 0.830. The highest BCUT2D eigenvalue weighted by molar-refractivity contribution is 7.71. The van der Waals surface area contributed by atoms with E-state index in [-0.39, 0.29) is 0 Å². The summed E-state index contributed by atoms with van der Waals surface area (Å²) in [4.78, 5) is 12.7. The normalized spacial score (nSPS) is 22.3. The molecule has 1 aliphatic rings. The van der Waals surface area contributed by atoms with Crippen molar-refractivity contribution >= 4 is 12.2 Å². The molecule has 0 spiro atoms. The van der Waals surface area contributed by atoms with Gasteiger partial charge in [-0.1, -0.05) is 19.1 Å². The molecule has 1 unspecified atom stereocenters. The molecule has 1 aromatic heterocycles. The van der Waals surface area contributed by atoms with Gasteiger partial charge in [-0.05, 0) is 27.4 Å². The summed E-state index contributed by atoms with van der Waals surface area (Å²) in [5.74, 6) is 1.00. The van der Waals surface area contributed by atoms with Crippen molar-refractivity contribution in [3.8, 4) is 0 Å². The highest BCUT2D eigenvalue weighted by Gasteiger charge is 2.25. The minimum absolute atomic E-state index is 0.315. The first-order valence-corrected chi connectivity index (χ1v) is 6.92. The summed E-state index contributed by atoms with van der Waals surface area (Å²) < 4.78 is 0.755. The first-order chi connectivity index (χ1) is 8.52. The van der Waals surface area contributed by atoms with E-state index >= 15 is 0 Å². The molecule has 0 saturated carbocycles. The highest BCUT2D eigenvalue weighted by Crippen LogP contribution is 2.21. The Labute approximate surface area is 114 Å². The number of hydrogen-bond acceptors (Lipinski definition) is 4. The molecule has 1 N–H and O–H groups in total. The van der Waals surface area contributed by atoms with Gasteiger partial charge in [-0.25, -0.2) is 4.98 Å². The third-order valence-corrected chi connectivity index (χ3v) is 4.11. The van der Waals surface area contributed by atoms with E-state index in [1.54, 1.807) is 0 Å². The van der Waals surface area contributed by atoms with Gasteiger partial charge < -0.3 is 9.88 Å². The highest BCUT2D eigenvalue weighted by atomic mass is 32.1. The maximum Gasteiger partial charge on any atom is 0.133 e. The predicted molar refractivity (Wildman–Crippen MR) is 76.4 cm³/mol. The second-order valence-electron chi connectivity index (χ2n) is 5.14. The predicted octanol–water partition coefficient (Wildman–Crippen LogP) is 1.93. The number of aromatic nitrogens is 2. The van der Waals surface area contributed by atoms with Crippen LogP contribution in [0.5, 0.6) is 0 Å². The molecule has 2 rings (SSSR count). The van der Waals surface area contributed by atoms with Crippen LogP contribution in [0.2, 0.25) is 0 Å². The SMILES string of the molecule is CCc1c(C)[nH]c(C2CN(C)CCN2C)nc1=S. The average molecular weight is 266 g/mol. The molecule has 0 bridgehead atoms. The molecule has 1 aromatic rings. The summed E-state index contributed by atoms with van der Waals surface area (Å²) in [6.45, 7) is 7.39. The molecule has 18 heavy (non-hydrogen) atoms. The Morgan fingerprint density at radius 1 is 1.39 bits per heavy atom. The fourth-order valence-electron chi connectivity index (χ4n) is 2.51. The molecule has 0 amide bonds. The zero-order valence-electron chi connectivity index (χ0n) is 11.7. The van der Waals surface area contributed by atoms with Crippen LogP contribution < -0.4 is 0 Å². The standard InChI is InChI=1S/C13H22N4S/c1-5-10-9(2)14-12(15-13(10)18)11-8-16(3)6-7-17(11)4/h11H,5-8H2,1-4H3,(H,14,15,18). The Bertz CT molecular complexity index is 482. The van der Waals surface area contributed by atoms with Crippen LogP contribution in [0.15, 0.2) is 0 Å². The van der Waals surface area contributed by atoms with E-state index < -0.39 is 0 Å². The Kier molecular flexibility index (Phi) is 4.14. The average Bonchev–Trinajstić information content (AvgIpc) is 2.32. The second kappa shape index (κ2) is 5.47. The molecular formula is C13H22N4S. The van der Waals surface area contributed by atoms with E-state index in [4.69, 9.17) is 12.2 Å². The first kappa shape index (κ1) is 13.6. The van der Waals surface area contributed by atoms with Crippen molar-refractivity contribution in [2.24, 2.45) is 0 Å². The summed E-state index contributed by atoms with van der Waals surface area (Å²) in [6, 6.07) is 0.315. The zero-order chi connectivity index (χ0) is 13.3. The van der Waals surface area contributed by atoms with Gasteiger partial charge in [0.2, 0.25) is 0 Å². The molecule has 0 radical (unpaired) electrons. The van der Waals surface area contributed by atoms with Crippen LogP contribution in [-0.4, -0.2) is 53.5 Å². The number of nitrogens with zero attached hydrogens (tertiary/aromatic N) is 3. The van der Waals surface area contributed by atoms with Crippen molar-refractivity contribution in [2.45, 2.75) is 26.3 Å². The fraction of sp³-hybridized carbons (Fsp3) is 0.692. The lowest BCUT2D eigenvalue weighted by Gasteiger charge is -2.37. The molecule has 1 fully saturated rings. The van der Waals surface area contributed by atoms with Crippen LogP contribution in [-0.2, 0) is 6.42 Å². The zero-order valence-corrected chi connectivity index (χ0v) is 12.5. The first-order valence-electron chi connectivity index (χ1n) is 6.51. The molecule has 0 aromatic carbocycles. The van der Waals surface area contributed by atoms with Crippen molar-refractivity contribution in [1.82, 2.24) is 19.8 Å². The van der Waals surface area contributed by atoms with Gasteiger partial charge in [-0.15, -0.1) is 0 Å². The molecule has 100 valence electrons. The molecule has 1 saturated heterocycles. The minimum atomic E-state index is 0.315. The van der Waals surface area contributed by atoms with E-state index in [1.165, 1.54) is 5.56 Å². The number of aryl methyl sites for hydroxylation is 1. The van der Waals surface area contributed by atoms with Gasteiger partial charge in [0, 0.05) is 30.9 Å². The van der Waals surface area contributed by atoms with Crippen LogP contribution in [0, 0.1) is 11.6 Å². The summed E-state index contributed by atoms with van der Waals surface area (Å²) in [7, 11) is 4.31. The Balaban J connectivity index is 2.36. The maximum atomic E-state index is 5.40. The minimum Gasteiger partial charge on any atom is -0.346 e. The molecular weight excluding hydrogens is 244 g/mol. The third-order valence-electron chi connectivity index (χ3n) is 3.77. The van der Waals surface area contributed by atoms with Crippen molar-refractivity contribution in [3.05, 3.63) is 21.7 Å². The summed E-state index contributed by atoms with van der Waals surface area (Å²) in [5, 5.41) is 0. The van der Waals surface area contributed by atoms with Crippen LogP contribution in [0.25, 0.3) is 0 Å². The van der Waals surface area contributed by atoms with E-state index in [0.717, 1.165) is 42.2 Å². The topological polar surface area (TPSA) is 35.2 Å². The van der Waals surface area contributed by atoms with Crippen molar-refractivity contribution in [3.63, 3.8) is 0 Å². The monoisotopic (exact) mass is 266 g/mol. The number of nitrogens with one attached hydrogen (secondary N) is 1. The van der Waals surface area contributed by atoms with Gasteiger partial charge >= 0.3 is 0 Å². The summed E-state index contributed by atoms with van der Waals surface area (Å²) in [5.41, 5.74) is 2.33. The summed E-state index contributed by atoms with van der Waals surface area (Å²) in [6.07, 6.45) is 0.939. The van der Waals surface area contributed by atoms with Gasteiger partial charge in [0.1, 0.15) is 10.5 Å². The van der Waals surface area contributed by atoms with Crippen molar-refractivity contribution < 1.29 is 0 Å². The lowest BCUT2D eigenvalue weighted by atomic mass is 10.1. The Morgan fingerprint density at radius 2 is 2.11 bits per heavy atom. The van der Waals surface area contributed by atoms with E-state index in [1.807, 2.05) is 0 Å². The van der Waals surface area contributed by atoms with E-state index in [0.29, 0.717) is 6.04 Å². The van der Waals surface area contributed by atoms with E-state index in [9.17, 15) is 0 Å². The number of aromatic amines is 1. The van der Waals surface area contributed by atoms with E-state index in [2.05, 4.69) is 47.7 Å². The van der Waals surface area contributed by atoms with Gasteiger partial charge in [-0.2, -0.15) is 0 Å². The smallest absolute Gasteiger partial charge is 0.133 e. The van der Waals surface area contributed by atoms with Gasteiger partial charge in [0.05, 0.1) is 6.04 Å². The van der Waals surface area contributed by atoms with Crippen molar-refractivity contribution in [1.29, 1.82) is 0 Å². The third kappa shape index (κ3) is 2.63. The number of H-pyrrole nitrogens is 1. The maximum absolute atomic E-state index is 5.40. The van der Waals surface area contributed by atoms with Crippen LogP contribution >= 0.6 is 12.2 Å². The fourth-order valence-corrected chi connectivity index (χ4v) is 2.91.